The lowest BCUT2D eigenvalue weighted by Gasteiger charge is -2.11. The van der Waals surface area contributed by atoms with Crippen LogP contribution < -0.4 is 20.9 Å². The van der Waals surface area contributed by atoms with E-state index in [-0.39, 0.29) is 17.1 Å². The predicted molar refractivity (Wildman–Crippen MR) is 95.1 cm³/mol. The topological polar surface area (TPSA) is 101 Å². The number of anilines is 2. The van der Waals surface area contributed by atoms with Gasteiger partial charge in [-0.15, -0.1) is 0 Å². The molecule has 0 aliphatic rings. The lowest BCUT2D eigenvalue weighted by atomic mass is 10.3. The molecule has 2 aromatic heterocycles. The van der Waals surface area contributed by atoms with Crippen LogP contribution in [-0.4, -0.2) is 52.7 Å². The van der Waals surface area contributed by atoms with Crippen LogP contribution in [-0.2, 0) is 7.05 Å². The van der Waals surface area contributed by atoms with E-state index in [4.69, 9.17) is 4.74 Å². The van der Waals surface area contributed by atoms with Crippen molar-refractivity contribution in [1.29, 1.82) is 0 Å². The smallest absolute Gasteiger partial charge is 0.325 e. The van der Waals surface area contributed by atoms with E-state index in [9.17, 15) is 9.59 Å². The molecule has 0 fully saturated rings. The number of nitrogens with zero attached hydrogens (tertiary/aromatic N) is 4. The molecule has 0 spiro atoms. The Bertz CT molecular complexity index is 803. The first-order valence-electron chi connectivity index (χ1n) is 7.70. The van der Waals surface area contributed by atoms with Crippen molar-refractivity contribution in [3.63, 3.8) is 0 Å². The third-order valence-corrected chi connectivity index (χ3v) is 3.21. The molecule has 2 heterocycles. The van der Waals surface area contributed by atoms with Crippen LogP contribution in [0.1, 0.15) is 5.56 Å². The fraction of sp³-hybridized carbons (Fsp3) is 0.375. The quantitative estimate of drug-likeness (QED) is 0.811. The molecule has 0 saturated heterocycles. The standard InChI is InChI=1S/C16H22N6O3/c1-11-7-12(15(23)22(4)10-11)18-16(24)20-13-8-17-9-14(19-13)25-6-5-21(2)3/h7-10H,5-6H2,1-4H3,(H2,18,19,20,24). The van der Waals surface area contributed by atoms with E-state index in [1.54, 1.807) is 19.3 Å². The Morgan fingerprint density at radius 2 is 2.08 bits per heavy atom. The molecule has 25 heavy (non-hydrogen) atoms. The summed E-state index contributed by atoms with van der Waals surface area (Å²) >= 11 is 0. The summed E-state index contributed by atoms with van der Waals surface area (Å²) in [4.78, 5) is 34.2. The zero-order valence-corrected chi connectivity index (χ0v) is 14.7. The van der Waals surface area contributed by atoms with Crippen molar-refractivity contribution in [3.05, 3.63) is 40.6 Å². The van der Waals surface area contributed by atoms with E-state index >= 15 is 0 Å². The van der Waals surface area contributed by atoms with Gasteiger partial charge in [0.1, 0.15) is 12.3 Å². The van der Waals surface area contributed by atoms with Crippen molar-refractivity contribution in [2.75, 3.05) is 37.9 Å². The second-order valence-electron chi connectivity index (χ2n) is 5.82. The van der Waals surface area contributed by atoms with Crippen LogP contribution in [0, 0.1) is 6.92 Å². The molecule has 0 saturated carbocycles. The molecule has 0 aliphatic heterocycles. The van der Waals surface area contributed by atoms with E-state index in [2.05, 4.69) is 20.6 Å². The van der Waals surface area contributed by atoms with E-state index in [1.807, 2.05) is 25.9 Å². The van der Waals surface area contributed by atoms with Crippen LogP contribution >= 0.6 is 0 Å². The van der Waals surface area contributed by atoms with Crippen molar-refractivity contribution in [3.8, 4) is 5.88 Å². The zero-order chi connectivity index (χ0) is 18.4. The van der Waals surface area contributed by atoms with Crippen LogP contribution in [0.5, 0.6) is 5.88 Å². The van der Waals surface area contributed by atoms with Crippen LogP contribution in [0.25, 0.3) is 0 Å². The second-order valence-corrected chi connectivity index (χ2v) is 5.82. The molecule has 134 valence electrons. The van der Waals surface area contributed by atoms with Crippen molar-refractivity contribution in [1.82, 2.24) is 19.4 Å². The lowest BCUT2D eigenvalue weighted by molar-refractivity contribution is 0.253. The third kappa shape index (κ3) is 5.57. The lowest BCUT2D eigenvalue weighted by Crippen LogP contribution is -2.27. The highest BCUT2D eigenvalue weighted by atomic mass is 16.5. The molecule has 0 atom stereocenters. The molecule has 9 heteroatoms. The van der Waals surface area contributed by atoms with Crippen LogP contribution in [0.4, 0.5) is 16.3 Å². The summed E-state index contributed by atoms with van der Waals surface area (Å²) in [6, 6.07) is 1.02. The van der Waals surface area contributed by atoms with E-state index in [1.165, 1.54) is 17.0 Å². The molecule has 0 unspecified atom stereocenters. The fourth-order valence-electron chi connectivity index (χ4n) is 2.05. The monoisotopic (exact) mass is 346 g/mol. The van der Waals surface area contributed by atoms with Crippen LogP contribution in [0.3, 0.4) is 0 Å². The van der Waals surface area contributed by atoms with Crippen molar-refractivity contribution < 1.29 is 9.53 Å². The summed E-state index contributed by atoms with van der Waals surface area (Å²) in [6.45, 7) is 3.02. The van der Waals surface area contributed by atoms with E-state index in [0.717, 1.165) is 12.1 Å². The normalized spacial score (nSPS) is 10.6. The molecule has 0 bridgehead atoms. The van der Waals surface area contributed by atoms with Gasteiger partial charge in [0, 0.05) is 19.8 Å². The highest BCUT2D eigenvalue weighted by Crippen LogP contribution is 2.10. The number of carbonyl (C=O) groups is 1. The molecule has 0 aromatic carbocycles. The maximum absolute atomic E-state index is 12.1. The first kappa shape index (κ1) is 18.4. The summed E-state index contributed by atoms with van der Waals surface area (Å²) in [5.41, 5.74) is 0.743. The maximum atomic E-state index is 12.1. The van der Waals surface area contributed by atoms with Crippen LogP contribution in [0.15, 0.2) is 29.5 Å². The number of aromatic nitrogens is 3. The molecule has 2 amide bonds. The summed E-state index contributed by atoms with van der Waals surface area (Å²) in [5, 5.41) is 5.05. The summed E-state index contributed by atoms with van der Waals surface area (Å²) in [5.74, 6) is 0.537. The number of amides is 2. The van der Waals surface area contributed by atoms with Gasteiger partial charge in [-0.1, -0.05) is 0 Å². The van der Waals surface area contributed by atoms with E-state index < -0.39 is 6.03 Å². The largest absolute Gasteiger partial charge is 0.475 e. The average Bonchev–Trinajstić information content (AvgIpc) is 2.52. The van der Waals surface area contributed by atoms with Gasteiger partial charge in [-0.3, -0.25) is 15.1 Å². The maximum Gasteiger partial charge on any atom is 0.325 e. The van der Waals surface area contributed by atoms with Gasteiger partial charge in [0.05, 0.1) is 12.4 Å². The number of nitrogens with one attached hydrogen (secondary N) is 2. The molecular weight excluding hydrogens is 324 g/mol. The third-order valence-electron chi connectivity index (χ3n) is 3.21. The van der Waals surface area contributed by atoms with Gasteiger partial charge in [-0.2, -0.15) is 4.98 Å². The second kappa shape index (κ2) is 8.25. The number of hydrogen-bond acceptors (Lipinski definition) is 6. The Kier molecular flexibility index (Phi) is 6.07. The number of urea groups is 1. The molecule has 2 aromatic rings. The first-order chi connectivity index (χ1) is 11.8. The Hall–Kier alpha value is -2.94. The highest BCUT2D eigenvalue weighted by molar-refractivity contribution is 5.98. The SMILES string of the molecule is Cc1cc(NC(=O)Nc2cncc(OCCN(C)C)n2)c(=O)n(C)c1. The van der Waals surface area contributed by atoms with E-state index in [0.29, 0.717) is 12.5 Å². The van der Waals surface area contributed by atoms with Gasteiger partial charge < -0.3 is 19.5 Å². The number of likely N-dealkylation sites (N-methyl/N-ethyl adjacent to an activating group) is 1. The van der Waals surface area contributed by atoms with Gasteiger partial charge in [-0.25, -0.2) is 4.79 Å². The summed E-state index contributed by atoms with van der Waals surface area (Å²) in [6.07, 6.45) is 4.55. The summed E-state index contributed by atoms with van der Waals surface area (Å²) in [7, 11) is 5.50. The number of rotatable bonds is 6. The number of aryl methyl sites for hydroxylation is 2. The molecule has 0 aliphatic carbocycles. The fourth-order valence-corrected chi connectivity index (χ4v) is 2.05. The number of ether oxygens (including phenoxy) is 1. The number of pyridine rings is 1. The van der Waals surface area contributed by atoms with Gasteiger partial charge in [0.2, 0.25) is 5.88 Å². The minimum absolute atomic E-state index is 0.186. The predicted octanol–water partition coefficient (Wildman–Crippen LogP) is 1.07. The Morgan fingerprint density at radius 1 is 1.32 bits per heavy atom. The number of carbonyl (C=O) groups excluding carboxylic acids is 1. The first-order valence-corrected chi connectivity index (χ1v) is 7.70. The molecule has 0 radical (unpaired) electrons. The minimum Gasteiger partial charge on any atom is -0.475 e. The summed E-state index contributed by atoms with van der Waals surface area (Å²) < 4.78 is 6.87. The van der Waals surface area contributed by atoms with Gasteiger partial charge in [-0.05, 0) is 32.6 Å². The average molecular weight is 346 g/mol. The Labute approximate surface area is 145 Å². The van der Waals surface area contributed by atoms with Gasteiger partial charge in [0.25, 0.3) is 5.56 Å². The van der Waals surface area contributed by atoms with Crippen molar-refractivity contribution in [2.45, 2.75) is 6.92 Å². The molecule has 2 N–H and O–H groups in total. The van der Waals surface area contributed by atoms with Crippen molar-refractivity contribution >= 4 is 17.5 Å². The molecular formula is C16H22N6O3. The molecule has 2 rings (SSSR count). The van der Waals surface area contributed by atoms with Gasteiger partial charge >= 0.3 is 6.03 Å². The van der Waals surface area contributed by atoms with Crippen LogP contribution in [0.2, 0.25) is 0 Å². The number of hydrogen-bond donors (Lipinski definition) is 2. The highest BCUT2D eigenvalue weighted by Gasteiger charge is 2.09. The Balaban J connectivity index is 2.00. The van der Waals surface area contributed by atoms with Crippen molar-refractivity contribution in [2.24, 2.45) is 7.05 Å². The molecule has 9 nitrogen and oxygen atoms in total. The van der Waals surface area contributed by atoms with Gasteiger partial charge in [0.15, 0.2) is 5.82 Å². The zero-order valence-electron chi connectivity index (χ0n) is 14.7. The Morgan fingerprint density at radius 3 is 2.80 bits per heavy atom. The minimum atomic E-state index is -0.581.